The summed E-state index contributed by atoms with van der Waals surface area (Å²) in [5.41, 5.74) is 0.395. The van der Waals surface area contributed by atoms with Crippen LogP contribution in [0.4, 0.5) is 14.5 Å². The summed E-state index contributed by atoms with van der Waals surface area (Å²) in [5, 5.41) is 2.79. The van der Waals surface area contributed by atoms with E-state index in [-0.39, 0.29) is 17.8 Å². The second-order valence-electron chi connectivity index (χ2n) is 3.80. The van der Waals surface area contributed by atoms with Crippen LogP contribution in [-0.2, 0) is 9.47 Å². The fourth-order valence-corrected chi connectivity index (χ4v) is 1.51. The molecule has 1 rings (SSSR count). The highest BCUT2D eigenvalue weighted by Gasteiger charge is 2.11. The zero-order valence-corrected chi connectivity index (χ0v) is 10.9. The van der Waals surface area contributed by atoms with Crippen LogP contribution in [-0.4, -0.2) is 26.0 Å². The minimum atomic E-state index is -0.486. The lowest BCUT2D eigenvalue weighted by Gasteiger charge is -2.18. The first-order valence-corrected chi connectivity index (χ1v) is 6.01. The standard InChI is InChI=1S/C13H19F2NO2/c1-4-17-13(18-5-2)8-16-12-7-10(14)9(3)6-11(12)15/h6-7,13,16H,4-5,8H2,1-3H3. The number of hydrogen-bond acceptors (Lipinski definition) is 3. The van der Waals surface area contributed by atoms with E-state index >= 15 is 0 Å². The highest BCUT2D eigenvalue weighted by molar-refractivity contribution is 5.46. The molecular formula is C13H19F2NO2. The van der Waals surface area contributed by atoms with Gasteiger partial charge in [0.2, 0.25) is 0 Å². The quantitative estimate of drug-likeness (QED) is 0.763. The number of hydrogen-bond donors (Lipinski definition) is 1. The molecule has 0 spiro atoms. The summed E-state index contributed by atoms with van der Waals surface area (Å²) in [4.78, 5) is 0. The molecule has 0 aliphatic rings. The summed E-state index contributed by atoms with van der Waals surface area (Å²) in [6.45, 7) is 6.47. The summed E-state index contributed by atoms with van der Waals surface area (Å²) in [6, 6.07) is 2.30. The first-order valence-electron chi connectivity index (χ1n) is 6.01. The molecule has 18 heavy (non-hydrogen) atoms. The van der Waals surface area contributed by atoms with E-state index in [0.29, 0.717) is 13.2 Å². The molecule has 5 heteroatoms. The summed E-state index contributed by atoms with van der Waals surface area (Å²) in [5.74, 6) is -0.927. The predicted octanol–water partition coefficient (Wildman–Crippen LogP) is 3.08. The van der Waals surface area contributed by atoms with Gasteiger partial charge < -0.3 is 14.8 Å². The van der Waals surface area contributed by atoms with Crippen LogP contribution in [0.25, 0.3) is 0 Å². The smallest absolute Gasteiger partial charge is 0.174 e. The van der Waals surface area contributed by atoms with Crippen molar-refractivity contribution in [1.29, 1.82) is 0 Å². The number of benzene rings is 1. The van der Waals surface area contributed by atoms with Crippen molar-refractivity contribution in [3.8, 4) is 0 Å². The molecule has 1 aromatic rings. The second-order valence-corrected chi connectivity index (χ2v) is 3.80. The molecule has 3 nitrogen and oxygen atoms in total. The monoisotopic (exact) mass is 259 g/mol. The van der Waals surface area contributed by atoms with Gasteiger partial charge >= 0.3 is 0 Å². The highest BCUT2D eigenvalue weighted by atomic mass is 19.1. The van der Waals surface area contributed by atoms with E-state index in [1.54, 1.807) is 0 Å². The zero-order chi connectivity index (χ0) is 13.5. The molecule has 0 saturated heterocycles. The lowest BCUT2D eigenvalue weighted by Crippen LogP contribution is -2.26. The Balaban J connectivity index is 2.64. The van der Waals surface area contributed by atoms with E-state index in [2.05, 4.69) is 5.32 Å². The lowest BCUT2D eigenvalue weighted by atomic mass is 10.2. The molecule has 1 N–H and O–H groups in total. The normalized spacial score (nSPS) is 11.0. The number of ether oxygens (including phenoxy) is 2. The summed E-state index contributed by atoms with van der Waals surface area (Å²) < 4.78 is 37.4. The first kappa shape index (κ1) is 14.9. The van der Waals surface area contributed by atoms with Crippen LogP contribution in [0.5, 0.6) is 0 Å². The largest absolute Gasteiger partial charge is 0.377 e. The molecule has 0 amide bonds. The van der Waals surface area contributed by atoms with E-state index < -0.39 is 17.9 Å². The van der Waals surface area contributed by atoms with Crippen molar-refractivity contribution in [3.05, 3.63) is 29.3 Å². The maximum Gasteiger partial charge on any atom is 0.174 e. The lowest BCUT2D eigenvalue weighted by molar-refractivity contribution is -0.126. The van der Waals surface area contributed by atoms with Crippen molar-refractivity contribution in [3.63, 3.8) is 0 Å². The molecule has 0 atom stereocenters. The molecule has 0 bridgehead atoms. The van der Waals surface area contributed by atoms with Crippen LogP contribution in [0.3, 0.4) is 0 Å². The van der Waals surface area contributed by atoms with E-state index in [1.165, 1.54) is 6.92 Å². The number of aryl methyl sites for hydroxylation is 1. The molecule has 0 aliphatic carbocycles. The van der Waals surface area contributed by atoms with Crippen molar-refractivity contribution in [2.24, 2.45) is 0 Å². The maximum absolute atomic E-state index is 13.5. The van der Waals surface area contributed by atoms with Crippen molar-refractivity contribution >= 4 is 5.69 Å². The van der Waals surface area contributed by atoms with Gasteiger partial charge in [-0.3, -0.25) is 0 Å². The molecule has 0 aliphatic heterocycles. The Kier molecular flexibility index (Phi) is 6.01. The Morgan fingerprint density at radius 1 is 1.11 bits per heavy atom. The molecule has 0 radical (unpaired) electrons. The SMILES string of the molecule is CCOC(CNc1cc(F)c(C)cc1F)OCC. The third-order valence-corrected chi connectivity index (χ3v) is 2.41. The minimum absolute atomic E-state index is 0.113. The van der Waals surface area contributed by atoms with E-state index in [9.17, 15) is 8.78 Å². The van der Waals surface area contributed by atoms with Crippen LogP contribution < -0.4 is 5.32 Å². The van der Waals surface area contributed by atoms with Gasteiger partial charge in [-0.05, 0) is 32.4 Å². The molecule has 0 saturated carbocycles. The second kappa shape index (κ2) is 7.28. The molecule has 0 unspecified atom stereocenters. The van der Waals surface area contributed by atoms with Gasteiger partial charge in [-0.2, -0.15) is 0 Å². The van der Waals surface area contributed by atoms with Crippen molar-refractivity contribution in [2.45, 2.75) is 27.1 Å². The van der Waals surface area contributed by atoms with Gasteiger partial charge in [0.05, 0.1) is 12.2 Å². The predicted molar refractivity (Wildman–Crippen MR) is 66.6 cm³/mol. The molecule has 102 valence electrons. The Morgan fingerprint density at radius 2 is 1.72 bits per heavy atom. The average Bonchev–Trinajstić information content (AvgIpc) is 2.32. The van der Waals surface area contributed by atoms with Crippen molar-refractivity contribution in [1.82, 2.24) is 0 Å². The fraction of sp³-hybridized carbons (Fsp3) is 0.538. The van der Waals surface area contributed by atoms with Crippen LogP contribution in [0, 0.1) is 18.6 Å². The van der Waals surface area contributed by atoms with E-state index in [4.69, 9.17) is 9.47 Å². The molecule has 0 fully saturated rings. The van der Waals surface area contributed by atoms with Crippen molar-refractivity contribution < 1.29 is 18.3 Å². The van der Waals surface area contributed by atoms with Gasteiger partial charge in [-0.25, -0.2) is 8.78 Å². The Bertz CT molecular complexity index is 379. The van der Waals surface area contributed by atoms with Gasteiger partial charge in [0.1, 0.15) is 11.6 Å². The summed E-state index contributed by atoms with van der Waals surface area (Å²) in [6.07, 6.45) is -0.469. The minimum Gasteiger partial charge on any atom is -0.377 e. The maximum atomic E-state index is 13.5. The Labute approximate surface area is 106 Å². The molecule has 0 aromatic heterocycles. The van der Waals surface area contributed by atoms with Crippen LogP contribution in [0.2, 0.25) is 0 Å². The molecular weight excluding hydrogens is 240 g/mol. The van der Waals surface area contributed by atoms with Crippen molar-refractivity contribution in [2.75, 3.05) is 25.1 Å². The third-order valence-electron chi connectivity index (χ3n) is 2.41. The number of nitrogens with one attached hydrogen (secondary N) is 1. The zero-order valence-electron chi connectivity index (χ0n) is 10.9. The van der Waals surface area contributed by atoms with Gasteiger partial charge in [0.15, 0.2) is 6.29 Å². The number of rotatable bonds is 7. The highest BCUT2D eigenvalue weighted by Crippen LogP contribution is 2.18. The third kappa shape index (κ3) is 4.23. The Morgan fingerprint density at radius 3 is 2.28 bits per heavy atom. The fourth-order valence-electron chi connectivity index (χ4n) is 1.51. The van der Waals surface area contributed by atoms with Gasteiger partial charge in [0.25, 0.3) is 0 Å². The molecule has 1 aromatic carbocycles. The first-order chi connectivity index (χ1) is 8.58. The van der Waals surface area contributed by atoms with Gasteiger partial charge in [0, 0.05) is 19.3 Å². The van der Waals surface area contributed by atoms with E-state index in [1.807, 2.05) is 13.8 Å². The summed E-state index contributed by atoms with van der Waals surface area (Å²) in [7, 11) is 0. The summed E-state index contributed by atoms with van der Waals surface area (Å²) >= 11 is 0. The average molecular weight is 259 g/mol. The van der Waals surface area contributed by atoms with Gasteiger partial charge in [-0.1, -0.05) is 0 Å². The van der Waals surface area contributed by atoms with Crippen LogP contribution in [0.1, 0.15) is 19.4 Å². The van der Waals surface area contributed by atoms with Crippen LogP contribution >= 0.6 is 0 Å². The van der Waals surface area contributed by atoms with Crippen LogP contribution in [0.15, 0.2) is 12.1 Å². The number of halogens is 2. The van der Waals surface area contributed by atoms with E-state index in [0.717, 1.165) is 12.1 Å². The Hall–Kier alpha value is -1.20. The topological polar surface area (TPSA) is 30.5 Å². The van der Waals surface area contributed by atoms with Gasteiger partial charge in [-0.15, -0.1) is 0 Å². The number of anilines is 1. The molecule has 0 heterocycles.